The predicted molar refractivity (Wildman–Crippen MR) is 79.3 cm³/mol. The van der Waals surface area contributed by atoms with Gasteiger partial charge in [0.1, 0.15) is 0 Å². The number of aromatic nitrogens is 1. The fourth-order valence-corrected chi connectivity index (χ4v) is 2.24. The highest BCUT2D eigenvalue weighted by Gasteiger charge is 2.13. The highest BCUT2D eigenvalue weighted by atomic mass is 16.2. The third-order valence-electron chi connectivity index (χ3n) is 3.77. The molecule has 0 atom stereocenters. The first-order valence-corrected chi connectivity index (χ1v) is 7.40. The maximum Gasteiger partial charge on any atom is 0.255 e. The quantitative estimate of drug-likeness (QED) is 0.753. The van der Waals surface area contributed by atoms with Gasteiger partial charge in [0.05, 0.1) is 5.56 Å². The standard InChI is InChI=1S/C16H26N2O/c1-5-13(6-2)11-15-10-9-14(12-17-15)16(19)18(7-3)8-4/h9-10,12-13H,5-8,11H2,1-4H3. The highest BCUT2D eigenvalue weighted by molar-refractivity contribution is 5.93. The monoisotopic (exact) mass is 262 g/mol. The number of carbonyl (C=O) groups is 1. The van der Waals surface area contributed by atoms with Gasteiger partial charge in [0.25, 0.3) is 5.91 Å². The second-order valence-electron chi connectivity index (χ2n) is 4.90. The van der Waals surface area contributed by atoms with E-state index in [2.05, 4.69) is 18.8 Å². The van der Waals surface area contributed by atoms with Gasteiger partial charge in [-0.25, -0.2) is 0 Å². The zero-order valence-electron chi connectivity index (χ0n) is 12.6. The molecule has 1 aromatic heterocycles. The highest BCUT2D eigenvalue weighted by Crippen LogP contribution is 2.14. The topological polar surface area (TPSA) is 33.2 Å². The van der Waals surface area contributed by atoms with Crippen LogP contribution in [-0.4, -0.2) is 28.9 Å². The van der Waals surface area contributed by atoms with Crippen LogP contribution in [-0.2, 0) is 6.42 Å². The van der Waals surface area contributed by atoms with E-state index in [1.165, 1.54) is 12.8 Å². The minimum Gasteiger partial charge on any atom is -0.339 e. The van der Waals surface area contributed by atoms with Crippen LogP contribution in [0.4, 0.5) is 0 Å². The summed E-state index contributed by atoms with van der Waals surface area (Å²) in [5, 5.41) is 0. The molecule has 1 rings (SSSR count). The Kier molecular flexibility index (Phi) is 6.54. The first-order chi connectivity index (χ1) is 9.15. The van der Waals surface area contributed by atoms with Crippen LogP contribution in [0, 0.1) is 5.92 Å². The normalized spacial score (nSPS) is 10.8. The van der Waals surface area contributed by atoms with Crippen molar-refractivity contribution in [3.63, 3.8) is 0 Å². The van der Waals surface area contributed by atoms with Crippen molar-refractivity contribution in [3.05, 3.63) is 29.6 Å². The van der Waals surface area contributed by atoms with Crippen LogP contribution in [0.25, 0.3) is 0 Å². The molecule has 0 bridgehead atoms. The van der Waals surface area contributed by atoms with Gasteiger partial charge in [0, 0.05) is 25.0 Å². The summed E-state index contributed by atoms with van der Waals surface area (Å²) in [5.41, 5.74) is 1.78. The summed E-state index contributed by atoms with van der Waals surface area (Å²) in [6, 6.07) is 3.90. The molecule has 0 fully saturated rings. The minimum atomic E-state index is 0.0755. The van der Waals surface area contributed by atoms with E-state index in [1.807, 2.05) is 30.9 Å². The molecule has 0 saturated carbocycles. The Balaban J connectivity index is 2.73. The lowest BCUT2D eigenvalue weighted by Gasteiger charge is -2.18. The summed E-state index contributed by atoms with van der Waals surface area (Å²) in [5.74, 6) is 0.767. The number of carbonyl (C=O) groups excluding carboxylic acids is 1. The summed E-state index contributed by atoms with van der Waals surface area (Å²) >= 11 is 0. The third kappa shape index (κ3) is 4.34. The van der Waals surface area contributed by atoms with Crippen LogP contribution in [0.5, 0.6) is 0 Å². The van der Waals surface area contributed by atoms with Crippen LogP contribution < -0.4 is 0 Å². The van der Waals surface area contributed by atoms with Crippen LogP contribution in [0.2, 0.25) is 0 Å². The lowest BCUT2D eigenvalue weighted by molar-refractivity contribution is 0.0772. The molecule has 1 amide bonds. The van der Waals surface area contributed by atoms with Crippen molar-refractivity contribution in [1.29, 1.82) is 0 Å². The van der Waals surface area contributed by atoms with Crippen LogP contribution in [0.1, 0.15) is 56.6 Å². The smallest absolute Gasteiger partial charge is 0.255 e. The summed E-state index contributed by atoms with van der Waals surface area (Å²) in [6.45, 7) is 9.90. The molecule has 0 unspecified atom stereocenters. The SMILES string of the molecule is CCC(CC)Cc1ccc(C(=O)N(CC)CC)cn1. The Labute approximate surface area is 117 Å². The Hall–Kier alpha value is -1.38. The molecule has 1 aromatic rings. The summed E-state index contributed by atoms with van der Waals surface area (Å²) in [4.78, 5) is 18.4. The van der Waals surface area contributed by atoms with Gasteiger partial charge < -0.3 is 4.90 Å². The van der Waals surface area contributed by atoms with E-state index in [4.69, 9.17) is 0 Å². The lowest BCUT2D eigenvalue weighted by atomic mass is 9.97. The molecule has 0 spiro atoms. The second-order valence-corrected chi connectivity index (χ2v) is 4.90. The number of nitrogens with zero attached hydrogens (tertiary/aromatic N) is 2. The van der Waals surface area contributed by atoms with E-state index in [9.17, 15) is 4.79 Å². The van der Waals surface area contributed by atoms with Crippen molar-refractivity contribution in [3.8, 4) is 0 Å². The van der Waals surface area contributed by atoms with Gasteiger partial charge in [0.15, 0.2) is 0 Å². The van der Waals surface area contributed by atoms with Crippen molar-refractivity contribution >= 4 is 5.91 Å². The van der Waals surface area contributed by atoms with Gasteiger partial charge in [-0.1, -0.05) is 26.7 Å². The Bertz CT molecular complexity index is 378. The van der Waals surface area contributed by atoms with E-state index in [-0.39, 0.29) is 5.91 Å². The Morgan fingerprint density at radius 3 is 2.21 bits per heavy atom. The molecule has 106 valence electrons. The Morgan fingerprint density at radius 1 is 1.16 bits per heavy atom. The molecule has 3 heteroatoms. The molecular weight excluding hydrogens is 236 g/mol. The van der Waals surface area contributed by atoms with E-state index in [1.54, 1.807) is 6.20 Å². The Morgan fingerprint density at radius 2 is 1.79 bits per heavy atom. The summed E-state index contributed by atoms with van der Waals surface area (Å²) < 4.78 is 0. The van der Waals surface area contributed by atoms with Gasteiger partial charge in [-0.3, -0.25) is 9.78 Å². The predicted octanol–water partition coefficient (Wildman–Crippen LogP) is 3.54. The maximum atomic E-state index is 12.1. The molecular formula is C16H26N2O. The van der Waals surface area contributed by atoms with E-state index in [0.29, 0.717) is 11.5 Å². The molecule has 0 aromatic carbocycles. The third-order valence-corrected chi connectivity index (χ3v) is 3.77. The number of hydrogen-bond donors (Lipinski definition) is 0. The van der Waals surface area contributed by atoms with E-state index in [0.717, 1.165) is 25.2 Å². The lowest BCUT2D eigenvalue weighted by Crippen LogP contribution is -2.30. The van der Waals surface area contributed by atoms with Crippen molar-refractivity contribution in [2.75, 3.05) is 13.1 Å². The first-order valence-electron chi connectivity index (χ1n) is 7.40. The summed E-state index contributed by atoms with van der Waals surface area (Å²) in [7, 11) is 0. The van der Waals surface area contributed by atoms with Crippen LogP contribution in [0.3, 0.4) is 0 Å². The molecule has 19 heavy (non-hydrogen) atoms. The number of hydrogen-bond acceptors (Lipinski definition) is 2. The van der Waals surface area contributed by atoms with Crippen molar-refractivity contribution in [2.24, 2.45) is 5.92 Å². The van der Waals surface area contributed by atoms with Crippen molar-refractivity contribution in [1.82, 2.24) is 9.88 Å². The van der Waals surface area contributed by atoms with Crippen molar-refractivity contribution < 1.29 is 4.79 Å². The number of rotatable bonds is 7. The maximum absolute atomic E-state index is 12.1. The average Bonchev–Trinajstić information content (AvgIpc) is 2.46. The van der Waals surface area contributed by atoms with Gasteiger partial charge in [-0.05, 0) is 38.3 Å². The van der Waals surface area contributed by atoms with Crippen molar-refractivity contribution in [2.45, 2.75) is 47.0 Å². The number of pyridine rings is 1. The number of amides is 1. The first kappa shape index (κ1) is 15.7. The summed E-state index contributed by atoms with van der Waals surface area (Å²) in [6.07, 6.45) is 5.09. The van der Waals surface area contributed by atoms with Crippen LogP contribution in [0.15, 0.2) is 18.3 Å². The molecule has 0 aliphatic rings. The molecule has 0 aliphatic heterocycles. The molecule has 0 N–H and O–H groups in total. The fourth-order valence-electron chi connectivity index (χ4n) is 2.24. The van der Waals surface area contributed by atoms with Crippen LogP contribution >= 0.6 is 0 Å². The van der Waals surface area contributed by atoms with E-state index < -0.39 is 0 Å². The molecule has 0 radical (unpaired) electrons. The van der Waals surface area contributed by atoms with Gasteiger partial charge >= 0.3 is 0 Å². The van der Waals surface area contributed by atoms with Gasteiger partial charge in [-0.2, -0.15) is 0 Å². The zero-order chi connectivity index (χ0) is 14.3. The zero-order valence-corrected chi connectivity index (χ0v) is 12.6. The minimum absolute atomic E-state index is 0.0755. The van der Waals surface area contributed by atoms with E-state index >= 15 is 0 Å². The largest absolute Gasteiger partial charge is 0.339 e. The molecule has 3 nitrogen and oxygen atoms in total. The van der Waals surface area contributed by atoms with Gasteiger partial charge in [0.2, 0.25) is 0 Å². The fraction of sp³-hybridized carbons (Fsp3) is 0.625. The molecule has 1 heterocycles. The molecule has 0 aliphatic carbocycles. The van der Waals surface area contributed by atoms with Gasteiger partial charge in [-0.15, -0.1) is 0 Å². The molecule has 0 saturated heterocycles. The second kappa shape index (κ2) is 7.93. The average molecular weight is 262 g/mol.